The van der Waals surface area contributed by atoms with E-state index in [0.717, 1.165) is 0 Å². The summed E-state index contributed by atoms with van der Waals surface area (Å²) in [5.74, 6) is 0.579. The Kier molecular flexibility index (Phi) is 5.43. The van der Waals surface area contributed by atoms with E-state index in [4.69, 9.17) is 11.6 Å². The van der Waals surface area contributed by atoms with Crippen LogP contribution in [-0.2, 0) is 6.54 Å². The highest BCUT2D eigenvalue weighted by Crippen LogP contribution is 2.23. The molecule has 0 fully saturated rings. The lowest BCUT2D eigenvalue weighted by Crippen LogP contribution is -2.38. The van der Waals surface area contributed by atoms with E-state index in [1.54, 1.807) is 33.0 Å². The summed E-state index contributed by atoms with van der Waals surface area (Å²) >= 11 is 5.97. The fourth-order valence-electron chi connectivity index (χ4n) is 1.58. The van der Waals surface area contributed by atoms with Crippen molar-refractivity contribution in [3.8, 4) is 0 Å². The minimum absolute atomic E-state index is 0.0610. The van der Waals surface area contributed by atoms with Crippen LogP contribution in [0.25, 0.3) is 0 Å². The number of anilines is 1. The fraction of sp³-hybridized carbons (Fsp3) is 0.583. The first-order valence-corrected chi connectivity index (χ1v) is 6.24. The SMILES string of the molecule is CNc1ccc(Cl)c(CN(CC(F)(F)F)C(C)C)n1. The number of rotatable bonds is 5. The topological polar surface area (TPSA) is 28.2 Å². The summed E-state index contributed by atoms with van der Waals surface area (Å²) < 4.78 is 37.5. The Morgan fingerprint density at radius 3 is 2.47 bits per heavy atom. The van der Waals surface area contributed by atoms with Gasteiger partial charge in [0.05, 0.1) is 17.3 Å². The Bertz CT molecular complexity index is 421. The Morgan fingerprint density at radius 1 is 1.37 bits per heavy atom. The molecule has 0 bridgehead atoms. The van der Waals surface area contributed by atoms with Crippen LogP contribution < -0.4 is 5.32 Å². The number of halogens is 4. The zero-order valence-electron chi connectivity index (χ0n) is 11.1. The molecule has 108 valence electrons. The lowest BCUT2D eigenvalue weighted by molar-refractivity contribution is -0.151. The molecule has 1 aromatic heterocycles. The maximum Gasteiger partial charge on any atom is 0.401 e. The van der Waals surface area contributed by atoms with Gasteiger partial charge in [0.25, 0.3) is 0 Å². The maximum absolute atomic E-state index is 12.5. The highest BCUT2D eigenvalue weighted by Gasteiger charge is 2.32. The molecule has 3 nitrogen and oxygen atoms in total. The van der Waals surface area contributed by atoms with E-state index < -0.39 is 12.7 Å². The van der Waals surface area contributed by atoms with Crippen molar-refractivity contribution in [2.24, 2.45) is 0 Å². The Hall–Kier alpha value is -1.01. The lowest BCUT2D eigenvalue weighted by atomic mass is 10.2. The summed E-state index contributed by atoms with van der Waals surface area (Å²) in [6.07, 6.45) is -4.24. The Morgan fingerprint density at radius 2 is 2.00 bits per heavy atom. The molecule has 0 aliphatic rings. The largest absolute Gasteiger partial charge is 0.401 e. The molecule has 0 amide bonds. The van der Waals surface area contributed by atoms with Crippen molar-refractivity contribution in [3.63, 3.8) is 0 Å². The van der Waals surface area contributed by atoms with Gasteiger partial charge in [-0.2, -0.15) is 13.2 Å². The minimum Gasteiger partial charge on any atom is -0.373 e. The van der Waals surface area contributed by atoms with Crippen LogP contribution in [0.2, 0.25) is 5.02 Å². The van der Waals surface area contributed by atoms with Gasteiger partial charge in [-0.1, -0.05) is 11.6 Å². The average molecular weight is 296 g/mol. The van der Waals surface area contributed by atoms with Crippen molar-refractivity contribution in [2.45, 2.75) is 32.6 Å². The zero-order valence-corrected chi connectivity index (χ0v) is 11.8. The van der Waals surface area contributed by atoms with E-state index in [0.29, 0.717) is 16.5 Å². The van der Waals surface area contributed by atoms with Crippen LogP contribution in [0.1, 0.15) is 19.5 Å². The van der Waals surface area contributed by atoms with Crippen molar-refractivity contribution in [1.82, 2.24) is 9.88 Å². The monoisotopic (exact) mass is 295 g/mol. The lowest BCUT2D eigenvalue weighted by Gasteiger charge is -2.27. The molecule has 0 saturated heterocycles. The highest BCUT2D eigenvalue weighted by molar-refractivity contribution is 6.31. The molecule has 0 spiro atoms. The molecule has 1 rings (SSSR count). The maximum atomic E-state index is 12.5. The molecule has 0 aliphatic heterocycles. The van der Waals surface area contributed by atoms with Gasteiger partial charge in [-0.05, 0) is 26.0 Å². The van der Waals surface area contributed by atoms with Gasteiger partial charge < -0.3 is 5.32 Å². The third kappa shape index (κ3) is 5.24. The Balaban J connectivity index is 2.90. The van der Waals surface area contributed by atoms with Crippen LogP contribution in [0.4, 0.5) is 19.0 Å². The molecule has 0 aliphatic carbocycles. The van der Waals surface area contributed by atoms with Crippen molar-refractivity contribution in [2.75, 3.05) is 18.9 Å². The number of pyridine rings is 1. The van der Waals surface area contributed by atoms with Crippen molar-refractivity contribution in [1.29, 1.82) is 0 Å². The highest BCUT2D eigenvalue weighted by atomic mass is 35.5. The number of hydrogen-bond acceptors (Lipinski definition) is 3. The predicted molar refractivity (Wildman–Crippen MR) is 70.4 cm³/mol. The Labute approximate surface area is 115 Å². The first-order chi connectivity index (χ1) is 8.73. The molecule has 1 N–H and O–H groups in total. The normalized spacial score (nSPS) is 12.3. The number of nitrogens with one attached hydrogen (secondary N) is 1. The fourth-order valence-corrected chi connectivity index (χ4v) is 1.74. The first-order valence-electron chi connectivity index (χ1n) is 5.87. The molecule has 0 unspecified atom stereocenters. The van der Waals surface area contributed by atoms with Gasteiger partial charge in [0.2, 0.25) is 0 Å². The molecule has 0 aromatic carbocycles. The van der Waals surface area contributed by atoms with Crippen LogP contribution in [0.15, 0.2) is 12.1 Å². The zero-order chi connectivity index (χ0) is 14.6. The van der Waals surface area contributed by atoms with E-state index in [2.05, 4.69) is 10.3 Å². The van der Waals surface area contributed by atoms with Crippen LogP contribution >= 0.6 is 11.6 Å². The molecule has 0 atom stereocenters. The van der Waals surface area contributed by atoms with Gasteiger partial charge in [0.15, 0.2) is 0 Å². The molecule has 19 heavy (non-hydrogen) atoms. The van der Waals surface area contributed by atoms with Crippen molar-refractivity contribution in [3.05, 3.63) is 22.8 Å². The number of nitrogens with zero attached hydrogens (tertiary/aromatic N) is 2. The van der Waals surface area contributed by atoms with Crippen molar-refractivity contribution < 1.29 is 13.2 Å². The van der Waals surface area contributed by atoms with Gasteiger partial charge in [0.1, 0.15) is 5.82 Å². The minimum atomic E-state index is -4.24. The van der Waals surface area contributed by atoms with Gasteiger partial charge in [-0.3, -0.25) is 4.90 Å². The average Bonchev–Trinajstić information content (AvgIpc) is 2.29. The second-order valence-electron chi connectivity index (χ2n) is 4.49. The van der Waals surface area contributed by atoms with E-state index >= 15 is 0 Å². The molecule has 7 heteroatoms. The summed E-state index contributed by atoms with van der Waals surface area (Å²) in [4.78, 5) is 5.48. The van der Waals surface area contributed by atoms with Gasteiger partial charge in [-0.15, -0.1) is 0 Å². The summed E-state index contributed by atoms with van der Waals surface area (Å²) in [6.45, 7) is 2.50. The number of aromatic nitrogens is 1. The second-order valence-corrected chi connectivity index (χ2v) is 4.90. The molecule has 0 radical (unpaired) electrons. The number of hydrogen-bond donors (Lipinski definition) is 1. The smallest absolute Gasteiger partial charge is 0.373 e. The molecule has 1 aromatic rings. The quantitative estimate of drug-likeness (QED) is 0.900. The summed E-state index contributed by atoms with van der Waals surface area (Å²) in [6, 6.07) is 3.05. The van der Waals surface area contributed by atoms with Crippen LogP contribution in [-0.4, -0.2) is 35.7 Å². The standard InChI is InChI=1S/C12H17ClF3N3/c1-8(2)19(7-12(14,15)16)6-10-9(13)4-5-11(17-3)18-10/h4-5,8H,6-7H2,1-3H3,(H,17,18). The number of alkyl halides is 3. The third-order valence-corrected chi connectivity index (χ3v) is 2.98. The molecule has 1 heterocycles. The van der Waals surface area contributed by atoms with Gasteiger partial charge in [-0.25, -0.2) is 4.98 Å². The molecular formula is C12H17ClF3N3. The van der Waals surface area contributed by atoms with Crippen LogP contribution in [0, 0.1) is 0 Å². The molecule has 0 saturated carbocycles. The van der Waals surface area contributed by atoms with Gasteiger partial charge in [0, 0.05) is 19.6 Å². The van der Waals surface area contributed by atoms with Gasteiger partial charge >= 0.3 is 6.18 Å². The third-order valence-electron chi connectivity index (χ3n) is 2.64. The molecular weight excluding hydrogens is 279 g/mol. The first kappa shape index (κ1) is 16.0. The summed E-state index contributed by atoms with van der Waals surface area (Å²) in [5, 5.41) is 3.20. The van der Waals surface area contributed by atoms with E-state index in [1.807, 2.05) is 0 Å². The summed E-state index contributed by atoms with van der Waals surface area (Å²) in [5.41, 5.74) is 0.437. The van der Waals surface area contributed by atoms with Crippen LogP contribution in [0.5, 0.6) is 0 Å². The van der Waals surface area contributed by atoms with E-state index in [1.165, 1.54) is 4.90 Å². The second kappa shape index (κ2) is 6.43. The van der Waals surface area contributed by atoms with E-state index in [9.17, 15) is 13.2 Å². The van der Waals surface area contributed by atoms with E-state index in [-0.39, 0.29) is 12.6 Å². The van der Waals surface area contributed by atoms with Crippen LogP contribution in [0.3, 0.4) is 0 Å². The predicted octanol–water partition coefficient (Wildman–Crippen LogP) is 3.55. The summed E-state index contributed by atoms with van der Waals surface area (Å²) in [7, 11) is 1.69. The van der Waals surface area contributed by atoms with Crippen molar-refractivity contribution >= 4 is 17.4 Å².